The number of hydrazine groups is 1. The zero-order valence-electron chi connectivity index (χ0n) is 15.0. The number of anilines is 1. The zero-order chi connectivity index (χ0) is 18.8. The molecule has 9 nitrogen and oxygen atoms in total. The lowest BCUT2D eigenvalue weighted by Gasteiger charge is -2.34. The van der Waals surface area contributed by atoms with E-state index in [1.807, 2.05) is 5.01 Å². The summed E-state index contributed by atoms with van der Waals surface area (Å²) in [7, 11) is 0. The second kappa shape index (κ2) is 8.26. The SMILES string of the molecule is NC1NN2CC(Cl)CNC2C1C(=O)Nc1cnccc1O[C@H]1CCCNC1. The number of halogens is 1. The first-order valence-electron chi connectivity index (χ1n) is 9.40. The van der Waals surface area contributed by atoms with E-state index in [0.717, 1.165) is 25.9 Å². The van der Waals surface area contributed by atoms with Crippen molar-refractivity contribution in [3.8, 4) is 5.75 Å². The van der Waals surface area contributed by atoms with Gasteiger partial charge in [0.1, 0.15) is 17.5 Å². The first-order chi connectivity index (χ1) is 13.1. The fraction of sp³-hybridized carbons (Fsp3) is 0.647. The van der Waals surface area contributed by atoms with Crippen LogP contribution in [0.4, 0.5) is 5.69 Å². The molecule has 3 aliphatic heterocycles. The van der Waals surface area contributed by atoms with Gasteiger partial charge in [0, 0.05) is 31.9 Å². The lowest BCUT2D eigenvalue weighted by Crippen LogP contribution is -2.58. The average molecular weight is 396 g/mol. The number of nitrogens with one attached hydrogen (secondary N) is 4. The van der Waals surface area contributed by atoms with Gasteiger partial charge < -0.3 is 21.1 Å². The number of nitrogens with two attached hydrogens (primary N) is 1. The van der Waals surface area contributed by atoms with Gasteiger partial charge in [-0.25, -0.2) is 10.4 Å². The van der Waals surface area contributed by atoms with E-state index < -0.39 is 12.1 Å². The Morgan fingerprint density at radius 1 is 1.44 bits per heavy atom. The Hall–Kier alpha value is -1.49. The zero-order valence-corrected chi connectivity index (χ0v) is 15.8. The molecule has 1 aromatic heterocycles. The summed E-state index contributed by atoms with van der Waals surface area (Å²) < 4.78 is 6.09. The number of ether oxygens (including phenoxy) is 1. The second-order valence-corrected chi connectivity index (χ2v) is 7.85. The summed E-state index contributed by atoms with van der Waals surface area (Å²) >= 11 is 6.19. The lowest BCUT2D eigenvalue weighted by molar-refractivity contribution is -0.121. The first kappa shape index (κ1) is 18.9. The van der Waals surface area contributed by atoms with Crippen LogP contribution in [0.3, 0.4) is 0 Å². The van der Waals surface area contributed by atoms with E-state index in [9.17, 15) is 4.79 Å². The Kier molecular flexibility index (Phi) is 5.76. The predicted molar refractivity (Wildman–Crippen MR) is 102 cm³/mol. The molecule has 3 saturated heterocycles. The van der Waals surface area contributed by atoms with Crippen molar-refractivity contribution in [3.05, 3.63) is 18.5 Å². The molecule has 5 atom stereocenters. The van der Waals surface area contributed by atoms with E-state index in [0.29, 0.717) is 24.5 Å². The molecule has 1 amide bonds. The Balaban J connectivity index is 1.45. The molecule has 4 unspecified atom stereocenters. The highest BCUT2D eigenvalue weighted by Gasteiger charge is 2.46. The summed E-state index contributed by atoms with van der Waals surface area (Å²) in [6.45, 7) is 3.08. The summed E-state index contributed by atoms with van der Waals surface area (Å²) in [6, 6.07) is 1.78. The monoisotopic (exact) mass is 395 g/mol. The lowest BCUT2D eigenvalue weighted by atomic mass is 10.0. The van der Waals surface area contributed by atoms with E-state index >= 15 is 0 Å². The highest BCUT2D eigenvalue weighted by molar-refractivity contribution is 6.21. The Labute approximate surface area is 163 Å². The van der Waals surface area contributed by atoms with Gasteiger partial charge in [0.25, 0.3) is 0 Å². The molecular weight excluding hydrogens is 370 g/mol. The third kappa shape index (κ3) is 4.18. The van der Waals surface area contributed by atoms with Gasteiger partial charge >= 0.3 is 0 Å². The molecule has 0 aromatic carbocycles. The molecule has 3 aliphatic rings. The van der Waals surface area contributed by atoms with Gasteiger partial charge in [-0.05, 0) is 19.4 Å². The quantitative estimate of drug-likeness (QED) is 0.429. The first-order valence-corrected chi connectivity index (χ1v) is 9.83. The molecular formula is C17H26ClN7O2. The topological polar surface area (TPSA) is 117 Å². The molecule has 0 spiro atoms. The smallest absolute Gasteiger partial charge is 0.233 e. The summed E-state index contributed by atoms with van der Waals surface area (Å²) in [5.41, 5.74) is 9.87. The maximum Gasteiger partial charge on any atom is 0.233 e. The highest BCUT2D eigenvalue weighted by atomic mass is 35.5. The largest absolute Gasteiger partial charge is 0.487 e. The molecule has 27 heavy (non-hydrogen) atoms. The maximum atomic E-state index is 13.0. The van der Waals surface area contributed by atoms with Crippen molar-refractivity contribution in [1.82, 2.24) is 26.1 Å². The van der Waals surface area contributed by atoms with Gasteiger partial charge in [0.05, 0.1) is 29.8 Å². The minimum absolute atomic E-state index is 0.0230. The number of fused-ring (bicyclic) bond motifs is 1. The number of carbonyl (C=O) groups is 1. The standard InChI is InChI=1S/C17H26ClN7O2/c18-10-6-22-16-14(15(19)24-25(16)9-10)17(26)23-12-8-21-5-3-13(12)27-11-2-1-4-20-7-11/h3,5,8,10-11,14-16,20,22,24H,1-2,4,6-7,9,19H2,(H,23,26)/t10?,11-,14?,15?,16?/m0/s1. The number of pyridine rings is 1. The Morgan fingerprint density at radius 3 is 3.15 bits per heavy atom. The molecule has 0 saturated carbocycles. The van der Waals surface area contributed by atoms with Crippen molar-refractivity contribution in [2.45, 2.75) is 36.7 Å². The van der Waals surface area contributed by atoms with E-state index in [1.165, 1.54) is 0 Å². The molecule has 148 valence electrons. The number of rotatable bonds is 4. The van der Waals surface area contributed by atoms with Crippen LogP contribution in [0.15, 0.2) is 18.5 Å². The van der Waals surface area contributed by atoms with Gasteiger partial charge in [-0.1, -0.05) is 0 Å². The normalized spacial score (nSPS) is 34.1. The van der Waals surface area contributed by atoms with Crippen LogP contribution in [0.1, 0.15) is 12.8 Å². The highest BCUT2D eigenvalue weighted by Crippen LogP contribution is 2.28. The fourth-order valence-electron chi connectivity index (χ4n) is 3.87. The Morgan fingerprint density at radius 2 is 2.33 bits per heavy atom. The van der Waals surface area contributed by atoms with Crippen molar-refractivity contribution < 1.29 is 9.53 Å². The molecule has 6 N–H and O–H groups in total. The average Bonchev–Trinajstić information content (AvgIpc) is 2.99. The van der Waals surface area contributed by atoms with Gasteiger partial charge in [0.15, 0.2) is 0 Å². The van der Waals surface area contributed by atoms with Gasteiger partial charge in [0.2, 0.25) is 5.91 Å². The van der Waals surface area contributed by atoms with Crippen molar-refractivity contribution in [2.75, 3.05) is 31.5 Å². The number of carbonyl (C=O) groups excluding carboxylic acids is 1. The van der Waals surface area contributed by atoms with Gasteiger partial charge in [-0.3, -0.25) is 15.1 Å². The molecule has 1 aromatic rings. The number of amides is 1. The molecule has 0 bridgehead atoms. The molecule has 4 heterocycles. The third-order valence-electron chi connectivity index (χ3n) is 5.21. The number of nitrogens with zero attached hydrogens (tertiary/aromatic N) is 2. The van der Waals surface area contributed by atoms with Crippen LogP contribution in [0.5, 0.6) is 5.75 Å². The van der Waals surface area contributed by atoms with E-state index in [2.05, 4.69) is 26.4 Å². The Bertz CT molecular complexity index is 672. The van der Waals surface area contributed by atoms with Crippen LogP contribution in [-0.4, -0.2) is 65.9 Å². The van der Waals surface area contributed by atoms with Crippen molar-refractivity contribution in [2.24, 2.45) is 11.7 Å². The number of piperidine rings is 1. The summed E-state index contributed by atoms with van der Waals surface area (Å²) in [5.74, 6) is -0.0120. The van der Waals surface area contributed by atoms with Crippen LogP contribution in [0, 0.1) is 5.92 Å². The second-order valence-electron chi connectivity index (χ2n) is 7.23. The van der Waals surface area contributed by atoms with E-state index in [1.54, 1.807) is 18.5 Å². The fourth-order valence-corrected chi connectivity index (χ4v) is 4.11. The summed E-state index contributed by atoms with van der Waals surface area (Å²) in [4.78, 5) is 17.1. The summed E-state index contributed by atoms with van der Waals surface area (Å²) in [5, 5.41) is 11.5. The number of hydrogen-bond acceptors (Lipinski definition) is 8. The van der Waals surface area contributed by atoms with Crippen LogP contribution in [-0.2, 0) is 4.79 Å². The van der Waals surface area contributed by atoms with Crippen molar-refractivity contribution in [3.63, 3.8) is 0 Å². The van der Waals surface area contributed by atoms with Crippen LogP contribution >= 0.6 is 11.6 Å². The van der Waals surface area contributed by atoms with Crippen LogP contribution < -0.4 is 31.8 Å². The molecule has 3 fully saturated rings. The van der Waals surface area contributed by atoms with Crippen LogP contribution in [0.25, 0.3) is 0 Å². The van der Waals surface area contributed by atoms with E-state index in [-0.39, 0.29) is 23.6 Å². The number of hydrogen-bond donors (Lipinski definition) is 5. The third-order valence-corrected chi connectivity index (χ3v) is 5.50. The molecule has 0 radical (unpaired) electrons. The summed E-state index contributed by atoms with van der Waals surface area (Å²) in [6.07, 6.45) is 4.73. The minimum Gasteiger partial charge on any atom is -0.487 e. The molecule has 4 rings (SSSR count). The van der Waals surface area contributed by atoms with E-state index in [4.69, 9.17) is 22.1 Å². The molecule has 0 aliphatic carbocycles. The number of alkyl halides is 1. The number of aromatic nitrogens is 1. The van der Waals surface area contributed by atoms with Gasteiger partial charge in [-0.15, -0.1) is 11.6 Å². The van der Waals surface area contributed by atoms with Crippen LogP contribution in [0.2, 0.25) is 0 Å². The molecule has 10 heteroatoms. The van der Waals surface area contributed by atoms with Crippen molar-refractivity contribution in [1.29, 1.82) is 0 Å². The maximum absolute atomic E-state index is 13.0. The van der Waals surface area contributed by atoms with Crippen molar-refractivity contribution >= 4 is 23.2 Å². The minimum atomic E-state index is -0.493. The predicted octanol–water partition coefficient (Wildman–Crippen LogP) is -0.591. The van der Waals surface area contributed by atoms with Gasteiger partial charge in [-0.2, -0.15) is 0 Å².